The molecular formula is C19H18FN3O3S. The van der Waals surface area contributed by atoms with Crippen molar-refractivity contribution in [1.82, 2.24) is 9.97 Å². The largest absolute Gasteiger partial charge is 0.492 e. The summed E-state index contributed by atoms with van der Waals surface area (Å²) in [5.41, 5.74) is 1.64. The van der Waals surface area contributed by atoms with Gasteiger partial charge in [0.2, 0.25) is 0 Å². The number of aromatic nitrogens is 2. The summed E-state index contributed by atoms with van der Waals surface area (Å²) in [5, 5.41) is 12.5. The number of aromatic carboxylic acids is 1. The molecule has 1 aromatic carbocycles. The maximum atomic E-state index is 12.9. The molecule has 2 aromatic heterocycles. The summed E-state index contributed by atoms with van der Waals surface area (Å²) in [6, 6.07) is 9.81. The average molecular weight is 387 g/mol. The third kappa shape index (κ3) is 4.79. The van der Waals surface area contributed by atoms with Gasteiger partial charge in [-0.3, -0.25) is 0 Å². The van der Waals surface area contributed by atoms with Gasteiger partial charge in [0.1, 0.15) is 23.7 Å². The zero-order valence-corrected chi connectivity index (χ0v) is 15.4. The molecule has 3 aromatic rings. The second-order valence-electron chi connectivity index (χ2n) is 5.63. The predicted octanol–water partition coefficient (Wildman–Crippen LogP) is 4.10. The minimum atomic E-state index is -1.03. The summed E-state index contributed by atoms with van der Waals surface area (Å²) >= 11 is 1.11. The molecule has 0 radical (unpaired) electrons. The Kier molecular flexibility index (Phi) is 5.97. The Morgan fingerprint density at radius 1 is 1.26 bits per heavy atom. The molecule has 0 aliphatic carbocycles. The maximum Gasteiger partial charge on any atom is 0.349 e. The first kappa shape index (κ1) is 18.8. The maximum absolute atomic E-state index is 12.9. The molecule has 2 N–H and O–H groups in total. The quantitative estimate of drug-likeness (QED) is 0.605. The van der Waals surface area contributed by atoms with Crippen molar-refractivity contribution in [2.24, 2.45) is 0 Å². The van der Waals surface area contributed by atoms with E-state index in [4.69, 9.17) is 4.74 Å². The van der Waals surface area contributed by atoms with Gasteiger partial charge in [0.15, 0.2) is 4.88 Å². The zero-order chi connectivity index (χ0) is 19.2. The van der Waals surface area contributed by atoms with Gasteiger partial charge in [-0.1, -0.05) is 12.1 Å². The Labute approximate surface area is 159 Å². The fourth-order valence-electron chi connectivity index (χ4n) is 2.49. The van der Waals surface area contributed by atoms with Crippen LogP contribution in [-0.2, 0) is 6.42 Å². The topological polar surface area (TPSA) is 84.3 Å². The van der Waals surface area contributed by atoms with Crippen molar-refractivity contribution >= 4 is 23.1 Å². The first-order valence-electron chi connectivity index (χ1n) is 8.37. The minimum Gasteiger partial charge on any atom is -0.492 e. The van der Waals surface area contributed by atoms with Crippen LogP contribution in [0.15, 0.2) is 42.7 Å². The molecule has 0 aliphatic heterocycles. The number of nitrogens with zero attached hydrogens (tertiary/aromatic N) is 2. The van der Waals surface area contributed by atoms with Crippen molar-refractivity contribution in [1.29, 1.82) is 0 Å². The van der Waals surface area contributed by atoms with E-state index in [-0.39, 0.29) is 10.7 Å². The highest BCUT2D eigenvalue weighted by Crippen LogP contribution is 2.36. The fraction of sp³-hybridized carbons (Fsp3) is 0.211. The number of hydrogen-bond acceptors (Lipinski definition) is 6. The van der Waals surface area contributed by atoms with Crippen LogP contribution in [0.3, 0.4) is 0 Å². The third-order valence-electron chi connectivity index (χ3n) is 3.74. The highest BCUT2D eigenvalue weighted by atomic mass is 32.1. The molecule has 0 saturated carbocycles. The van der Waals surface area contributed by atoms with E-state index in [1.807, 2.05) is 0 Å². The molecule has 3 rings (SSSR count). The summed E-state index contributed by atoms with van der Waals surface area (Å²) in [6.07, 6.45) is 2.15. The summed E-state index contributed by atoms with van der Waals surface area (Å²) < 4.78 is 18.3. The van der Waals surface area contributed by atoms with Crippen LogP contribution in [0.1, 0.15) is 22.2 Å². The number of hydrogen-bond donors (Lipinski definition) is 2. The average Bonchev–Trinajstić information content (AvgIpc) is 3.08. The summed E-state index contributed by atoms with van der Waals surface area (Å²) in [5.74, 6) is -0.309. The second kappa shape index (κ2) is 8.59. The molecule has 140 valence electrons. The Hall–Kier alpha value is -3.00. The predicted molar refractivity (Wildman–Crippen MR) is 102 cm³/mol. The van der Waals surface area contributed by atoms with E-state index in [1.54, 1.807) is 31.2 Å². The van der Waals surface area contributed by atoms with Gasteiger partial charge >= 0.3 is 5.97 Å². The van der Waals surface area contributed by atoms with E-state index in [0.717, 1.165) is 23.3 Å². The van der Waals surface area contributed by atoms with Gasteiger partial charge in [-0.15, -0.1) is 11.3 Å². The zero-order valence-electron chi connectivity index (χ0n) is 14.6. The van der Waals surface area contributed by atoms with E-state index in [2.05, 4.69) is 15.3 Å². The first-order chi connectivity index (χ1) is 13.1. The summed E-state index contributed by atoms with van der Waals surface area (Å²) in [6.45, 7) is 2.81. The number of anilines is 1. The van der Waals surface area contributed by atoms with Gasteiger partial charge in [-0.2, -0.15) is 0 Å². The molecule has 0 spiro atoms. The van der Waals surface area contributed by atoms with Crippen molar-refractivity contribution in [2.45, 2.75) is 13.3 Å². The van der Waals surface area contributed by atoms with Crippen molar-refractivity contribution < 1.29 is 19.0 Å². The van der Waals surface area contributed by atoms with E-state index < -0.39 is 5.97 Å². The molecule has 27 heavy (non-hydrogen) atoms. The van der Waals surface area contributed by atoms with Crippen LogP contribution in [-0.4, -0.2) is 34.2 Å². The highest BCUT2D eigenvalue weighted by molar-refractivity contribution is 7.17. The van der Waals surface area contributed by atoms with Crippen molar-refractivity contribution in [2.75, 3.05) is 18.5 Å². The molecule has 0 unspecified atom stereocenters. The molecule has 0 aliphatic rings. The SMILES string of the molecule is CCOc1cc(-c2cc(NCCc3ccc(F)cc3)ncn2)sc1C(=O)O. The van der Waals surface area contributed by atoms with Gasteiger partial charge in [0, 0.05) is 18.7 Å². The van der Waals surface area contributed by atoms with Crippen LogP contribution in [0.2, 0.25) is 0 Å². The number of nitrogens with one attached hydrogen (secondary N) is 1. The number of carboxylic acid groups (broad SMARTS) is 1. The Morgan fingerprint density at radius 3 is 2.74 bits per heavy atom. The lowest BCUT2D eigenvalue weighted by molar-refractivity contribution is 0.0698. The van der Waals surface area contributed by atoms with E-state index >= 15 is 0 Å². The molecule has 0 saturated heterocycles. The number of thiophene rings is 1. The molecule has 0 atom stereocenters. The van der Waals surface area contributed by atoms with Crippen molar-refractivity contribution in [3.8, 4) is 16.3 Å². The Morgan fingerprint density at radius 2 is 2.04 bits per heavy atom. The molecular weight excluding hydrogens is 369 g/mol. The lowest BCUT2D eigenvalue weighted by Gasteiger charge is -2.06. The third-order valence-corrected chi connectivity index (χ3v) is 4.87. The number of carboxylic acids is 1. The lowest BCUT2D eigenvalue weighted by Crippen LogP contribution is -2.06. The van der Waals surface area contributed by atoms with Gasteiger partial charge in [0.05, 0.1) is 17.2 Å². The normalized spacial score (nSPS) is 10.6. The van der Waals surface area contributed by atoms with Crippen LogP contribution in [0.4, 0.5) is 10.2 Å². The van der Waals surface area contributed by atoms with Crippen LogP contribution in [0, 0.1) is 5.82 Å². The molecule has 6 nitrogen and oxygen atoms in total. The van der Waals surface area contributed by atoms with Gasteiger partial charge in [0.25, 0.3) is 0 Å². The summed E-state index contributed by atoms with van der Waals surface area (Å²) in [4.78, 5) is 20.6. The van der Waals surface area contributed by atoms with Crippen molar-refractivity contribution in [3.63, 3.8) is 0 Å². The van der Waals surface area contributed by atoms with Crippen LogP contribution >= 0.6 is 11.3 Å². The highest BCUT2D eigenvalue weighted by Gasteiger charge is 2.18. The van der Waals surface area contributed by atoms with E-state index in [1.165, 1.54) is 18.5 Å². The van der Waals surface area contributed by atoms with Crippen LogP contribution in [0.5, 0.6) is 5.75 Å². The molecule has 0 fully saturated rings. The van der Waals surface area contributed by atoms with E-state index in [0.29, 0.717) is 35.3 Å². The number of halogens is 1. The van der Waals surface area contributed by atoms with Crippen molar-refractivity contribution in [3.05, 3.63) is 59.0 Å². The second-order valence-corrected chi connectivity index (χ2v) is 6.69. The van der Waals surface area contributed by atoms with Crippen LogP contribution in [0.25, 0.3) is 10.6 Å². The Bertz CT molecular complexity index is 928. The van der Waals surface area contributed by atoms with Crippen LogP contribution < -0.4 is 10.1 Å². The van der Waals surface area contributed by atoms with Gasteiger partial charge in [-0.25, -0.2) is 19.2 Å². The number of rotatable bonds is 8. The van der Waals surface area contributed by atoms with E-state index in [9.17, 15) is 14.3 Å². The first-order valence-corrected chi connectivity index (χ1v) is 9.19. The van der Waals surface area contributed by atoms with Gasteiger partial charge < -0.3 is 15.2 Å². The molecule has 8 heteroatoms. The Balaban J connectivity index is 1.70. The molecule has 0 bridgehead atoms. The smallest absolute Gasteiger partial charge is 0.349 e. The fourth-order valence-corrected chi connectivity index (χ4v) is 3.39. The number of carbonyl (C=O) groups is 1. The standard InChI is InChI=1S/C19H18FN3O3S/c1-2-26-15-10-16(27-18(15)19(24)25)14-9-17(23-11-22-14)21-8-7-12-3-5-13(20)6-4-12/h3-6,9-11H,2,7-8H2,1H3,(H,24,25)(H,21,22,23). The lowest BCUT2D eigenvalue weighted by atomic mass is 10.1. The minimum absolute atomic E-state index is 0.149. The number of ether oxygens (including phenoxy) is 1. The summed E-state index contributed by atoms with van der Waals surface area (Å²) in [7, 11) is 0. The van der Waals surface area contributed by atoms with Gasteiger partial charge in [-0.05, 0) is 31.0 Å². The number of benzene rings is 1. The molecule has 0 amide bonds. The monoisotopic (exact) mass is 387 g/mol. The molecule has 2 heterocycles.